The van der Waals surface area contributed by atoms with E-state index in [4.69, 9.17) is 11.6 Å². The van der Waals surface area contributed by atoms with Crippen molar-refractivity contribution in [3.05, 3.63) is 136 Å². The van der Waals surface area contributed by atoms with Gasteiger partial charge in [0.05, 0.1) is 23.4 Å². The minimum Gasteiger partial charge on any atom is -0.478 e. The van der Waals surface area contributed by atoms with Gasteiger partial charge < -0.3 is 10.0 Å². The number of anilines is 1. The summed E-state index contributed by atoms with van der Waals surface area (Å²) in [5.74, 6) is -1.14. The lowest BCUT2D eigenvalue weighted by molar-refractivity contribution is -0.113. The molecule has 0 spiro atoms. The molecule has 5 heteroatoms. The molecule has 1 N–H and O–H groups in total. The van der Waals surface area contributed by atoms with Crippen LogP contribution in [0, 0.1) is 0 Å². The third-order valence-electron chi connectivity index (χ3n) is 5.86. The molecule has 0 atom stereocenters. The number of rotatable bonds is 5. The van der Waals surface area contributed by atoms with E-state index in [2.05, 4.69) is 0 Å². The maximum Gasteiger partial charge on any atom is 0.335 e. The zero-order chi connectivity index (χ0) is 23.7. The number of aromatic carboxylic acids is 1. The molecule has 4 aromatic rings. The second-order valence-corrected chi connectivity index (χ2v) is 8.48. The largest absolute Gasteiger partial charge is 0.478 e. The Morgan fingerprint density at radius 2 is 1.44 bits per heavy atom. The highest BCUT2D eigenvalue weighted by Gasteiger charge is 2.35. The van der Waals surface area contributed by atoms with E-state index in [1.807, 2.05) is 84.9 Å². The van der Waals surface area contributed by atoms with E-state index in [0.717, 1.165) is 33.5 Å². The van der Waals surface area contributed by atoms with Crippen molar-refractivity contribution in [2.45, 2.75) is 6.54 Å². The first-order valence-electron chi connectivity index (χ1n) is 10.8. The number of hydrogen-bond acceptors (Lipinski definition) is 2. The minimum absolute atomic E-state index is 0.138. The van der Waals surface area contributed by atoms with Crippen molar-refractivity contribution in [2.24, 2.45) is 0 Å². The number of carboxylic acids is 1. The average Bonchev–Trinajstić information content (AvgIpc) is 3.12. The number of para-hydroxylation sites is 1. The fourth-order valence-electron chi connectivity index (χ4n) is 4.37. The fraction of sp³-hybridized carbons (Fsp3) is 0.0345. The van der Waals surface area contributed by atoms with Crippen LogP contribution in [0.2, 0.25) is 5.02 Å². The molecular formula is C29H20ClNO3. The molecule has 5 rings (SSSR count). The molecule has 1 amide bonds. The molecule has 166 valence electrons. The third kappa shape index (κ3) is 4.00. The summed E-state index contributed by atoms with van der Waals surface area (Å²) in [5, 5.41) is 9.96. The Bertz CT molecular complexity index is 1440. The number of halogens is 1. The van der Waals surface area contributed by atoms with Gasteiger partial charge in [0.2, 0.25) is 0 Å². The second-order valence-electron chi connectivity index (χ2n) is 8.04. The van der Waals surface area contributed by atoms with Gasteiger partial charge >= 0.3 is 5.97 Å². The number of nitrogens with zero attached hydrogens (tertiary/aromatic N) is 1. The molecule has 0 aliphatic carbocycles. The highest BCUT2D eigenvalue weighted by atomic mass is 35.5. The number of hydrogen-bond donors (Lipinski definition) is 1. The van der Waals surface area contributed by atoms with Crippen LogP contribution < -0.4 is 4.90 Å². The highest BCUT2D eigenvalue weighted by molar-refractivity contribution is 6.39. The van der Waals surface area contributed by atoms with Crippen LogP contribution in [-0.4, -0.2) is 17.0 Å². The van der Waals surface area contributed by atoms with Gasteiger partial charge in [0.1, 0.15) is 0 Å². The molecule has 0 unspecified atom stereocenters. The zero-order valence-electron chi connectivity index (χ0n) is 18.1. The predicted octanol–water partition coefficient (Wildman–Crippen LogP) is 6.54. The smallest absolute Gasteiger partial charge is 0.335 e. The van der Waals surface area contributed by atoms with Crippen LogP contribution in [0.1, 0.15) is 32.6 Å². The Hall–Kier alpha value is -4.15. The Balaban J connectivity index is 1.70. The number of fused-ring (bicyclic) bond motifs is 1. The summed E-state index contributed by atoms with van der Waals surface area (Å²) in [6, 6.07) is 31.7. The van der Waals surface area contributed by atoms with Crippen molar-refractivity contribution < 1.29 is 14.7 Å². The minimum atomic E-state index is -0.997. The van der Waals surface area contributed by atoms with Crippen molar-refractivity contribution in [3.63, 3.8) is 0 Å². The summed E-state index contributed by atoms with van der Waals surface area (Å²) in [6.07, 6.45) is 0. The van der Waals surface area contributed by atoms with Gasteiger partial charge in [-0.25, -0.2) is 4.79 Å². The van der Waals surface area contributed by atoms with Gasteiger partial charge in [0.25, 0.3) is 5.91 Å². The maximum atomic E-state index is 14.0. The Labute approximate surface area is 202 Å². The van der Waals surface area contributed by atoms with Crippen LogP contribution in [0.3, 0.4) is 0 Å². The van der Waals surface area contributed by atoms with E-state index in [1.54, 1.807) is 23.1 Å². The molecule has 34 heavy (non-hydrogen) atoms. The van der Waals surface area contributed by atoms with Crippen LogP contribution in [-0.2, 0) is 11.3 Å². The number of amides is 1. The van der Waals surface area contributed by atoms with Crippen molar-refractivity contribution in [1.29, 1.82) is 0 Å². The first-order valence-corrected chi connectivity index (χ1v) is 11.2. The second kappa shape index (κ2) is 9.00. The first kappa shape index (κ1) is 21.7. The maximum absolute atomic E-state index is 14.0. The molecule has 0 bridgehead atoms. The van der Waals surface area contributed by atoms with E-state index >= 15 is 0 Å². The molecule has 1 aliphatic rings. The van der Waals surface area contributed by atoms with Crippen molar-refractivity contribution in [2.75, 3.05) is 4.90 Å². The van der Waals surface area contributed by atoms with E-state index in [1.165, 1.54) is 0 Å². The van der Waals surface area contributed by atoms with E-state index < -0.39 is 5.97 Å². The van der Waals surface area contributed by atoms with Gasteiger partial charge in [-0.2, -0.15) is 0 Å². The van der Waals surface area contributed by atoms with Crippen LogP contribution in [0.5, 0.6) is 0 Å². The molecule has 0 saturated carbocycles. The van der Waals surface area contributed by atoms with E-state index in [-0.39, 0.29) is 18.0 Å². The first-order chi connectivity index (χ1) is 16.5. The lowest BCUT2D eigenvalue weighted by Crippen LogP contribution is -2.26. The van der Waals surface area contributed by atoms with Gasteiger partial charge in [-0.05, 0) is 47.0 Å². The summed E-state index contributed by atoms with van der Waals surface area (Å²) >= 11 is 6.33. The van der Waals surface area contributed by atoms with E-state index in [0.29, 0.717) is 10.6 Å². The molecule has 1 heterocycles. The average molecular weight is 466 g/mol. The van der Waals surface area contributed by atoms with Crippen LogP contribution in [0.25, 0.3) is 11.1 Å². The Kier molecular flexibility index (Phi) is 5.74. The van der Waals surface area contributed by atoms with Crippen molar-refractivity contribution >= 4 is 40.3 Å². The SMILES string of the molecule is O=C(O)c1cccc(CN2C(=O)C(=C(c3ccccc3)c3cccc(Cl)c3)c3ccccc32)c1. The van der Waals surface area contributed by atoms with Crippen molar-refractivity contribution in [3.8, 4) is 0 Å². The number of benzene rings is 4. The number of carbonyl (C=O) groups excluding carboxylic acids is 1. The van der Waals surface area contributed by atoms with Gasteiger partial charge in [-0.1, -0.05) is 84.4 Å². The normalized spacial score (nSPS) is 14.1. The van der Waals surface area contributed by atoms with Crippen LogP contribution >= 0.6 is 11.6 Å². The standard InChI is InChI=1S/C29H20ClNO3/c30-23-13-7-11-21(17-23)26(20-9-2-1-3-10-20)27-24-14-4-5-15-25(24)31(28(27)32)18-19-8-6-12-22(16-19)29(33)34/h1-17H,18H2,(H,33,34). The lowest BCUT2D eigenvalue weighted by atomic mass is 9.90. The topological polar surface area (TPSA) is 57.6 Å². The monoisotopic (exact) mass is 465 g/mol. The quantitative estimate of drug-likeness (QED) is 0.340. The van der Waals surface area contributed by atoms with Crippen molar-refractivity contribution in [1.82, 2.24) is 0 Å². The summed E-state index contributed by atoms with van der Waals surface area (Å²) in [6.45, 7) is 0.262. The molecule has 0 radical (unpaired) electrons. The molecular weight excluding hydrogens is 446 g/mol. The van der Waals surface area contributed by atoms with Gasteiger partial charge in [0, 0.05) is 16.2 Å². The molecule has 1 aliphatic heterocycles. The third-order valence-corrected chi connectivity index (χ3v) is 6.10. The number of carbonyl (C=O) groups is 2. The van der Waals surface area contributed by atoms with Gasteiger partial charge in [0.15, 0.2) is 0 Å². The zero-order valence-corrected chi connectivity index (χ0v) is 18.9. The summed E-state index contributed by atoms with van der Waals surface area (Å²) in [7, 11) is 0. The molecule has 4 aromatic carbocycles. The highest BCUT2D eigenvalue weighted by Crippen LogP contribution is 2.43. The Morgan fingerprint density at radius 1 is 0.765 bits per heavy atom. The molecule has 0 saturated heterocycles. The lowest BCUT2D eigenvalue weighted by Gasteiger charge is -2.18. The van der Waals surface area contributed by atoms with Crippen LogP contribution in [0.15, 0.2) is 103 Å². The summed E-state index contributed by atoms with van der Waals surface area (Å²) < 4.78 is 0. The molecule has 4 nitrogen and oxygen atoms in total. The van der Waals surface area contributed by atoms with Gasteiger partial charge in [-0.15, -0.1) is 0 Å². The van der Waals surface area contributed by atoms with Gasteiger partial charge in [-0.3, -0.25) is 4.79 Å². The summed E-state index contributed by atoms with van der Waals surface area (Å²) in [4.78, 5) is 27.1. The number of carboxylic acid groups (broad SMARTS) is 1. The summed E-state index contributed by atoms with van der Waals surface area (Å²) in [5.41, 5.74) is 5.73. The predicted molar refractivity (Wildman–Crippen MR) is 135 cm³/mol. The molecule has 0 aromatic heterocycles. The Morgan fingerprint density at radius 3 is 2.21 bits per heavy atom. The van der Waals surface area contributed by atoms with E-state index in [9.17, 15) is 14.7 Å². The fourth-order valence-corrected chi connectivity index (χ4v) is 4.56. The molecule has 0 fully saturated rings. The van der Waals surface area contributed by atoms with Crippen LogP contribution in [0.4, 0.5) is 5.69 Å².